The van der Waals surface area contributed by atoms with Crippen molar-refractivity contribution in [3.8, 4) is 5.69 Å². The van der Waals surface area contributed by atoms with E-state index in [0.717, 1.165) is 36.2 Å². The molecule has 1 aliphatic rings. The van der Waals surface area contributed by atoms with Crippen LogP contribution in [0, 0.1) is 6.92 Å². The van der Waals surface area contributed by atoms with Crippen molar-refractivity contribution < 1.29 is 9.90 Å². The number of aryl methyl sites for hydroxylation is 2. The van der Waals surface area contributed by atoms with E-state index < -0.39 is 5.97 Å². The van der Waals surface area contributed by atoms with Crippen molar-refractivity contribution in [2.24, 2.45) is 0 Å². The van der Waals surface area contributed by atoms with Gasteiger partial charge in [-0.3, -0.25) is 0 Å². The maximum Gasteiger partial charge on any atom is 0.336 e. The number of para-hydroxylation sites is 1. The van der Waals surface area contributed by atoms with Crippen LogP contribution in [0.3, 0.4) is 0 Å². The molecule has 1 aliphatic carbocycles. The zero-order valence-electron chi connectivity index (χ0n) is 12.2. The summed E-state index contributed by atoms with van der Waals surface area (Å²) < 4.78 is 1.75. The molecule has 2 aromatic heterocycles. The molecule has 5 nitrogen and oxygen atoms in total. The van der Waals surface area contributed by atoms with Crippen LogP contribution in [0.4, 0.5) is 0 Å². The van der Waals surface area contributed by atoms with Crippen LogP contribution in [0.15, 0.2) is 30.3 Å². The molecule has 0 spiro atoms. The highest BCUT2D eigenvalue weighted by Gasteiger charge is 2.27. The SMILES string of the molecule is Cc1nn(-c2ccccc2)c2nc3c(c(C(=O)O)c12)CCC3. The third-order valence-electron chi connectivity index (χ3n) is 4.23. The van der Waals surface area contributed by atoms with Crippen LogP contribution in [0.5, 0.6) is 0 Å². The predicted octanol–water partition coefficient (Wildman–Crippen LogP) is 2.92. The number of nitrogens with zero attached hydrogens (tertiary/aromatic N) is 3. The van der Waals surface area contributed by atoms with E-state index in [0.29, 0.717) is 22.3 Å². The molecule has 0 atom stereocenters. The Balaban J connectivity index is 2.11. The van der Waals surface area contributed by atoms with Crippen LogP contribution < -0.4 is 0 Å². The molecule has 0 amide bonds. The van der Waals surface area contributed by atoms with Crippen LogP contribution in [-0.2, 0) is 12.8 Å². The standard InChI is InChI=1S/C17H15N3O2/c1-10-14-15(17(21)22)12-8-5-9-13(12)18-16(14)20(19-10)11-6-3-2-4-7-11/h2-4,6-7H,5,8-9H2,1H3,(H,21,22). The van der Waals surface area contributed by atoms with Gasteiger partial charge in [-0.15, -0.1) is 0 Å². The summed E-state index contributed by atoms with van der Waals surface area (Å²) in [5.41, 5.74) is 4.41. The Morgan fingerprint density at radius 3 is 2.73 bits per heavy atom. The fraction of sp³-hybridized carbons (Fsp3) is 0.235. The minimum atomic E-state index is -0.888. The second kappa shape index (κ2) is 4.66. The summed E-state index contributed by atoms with van der Waals surface area (Å²) >= 11 is 0. The van der Waals surface area contributed by atoms with E-state index >= 15 is 0 Å². The summed E-state index contributed by atoms with van der Waals surface area (Å²) in [7, 11) is 0. The second-order valence-corrected chi connectivity index (χ2v) is 5.60. The van der Waals surface area contributed by atoms with Gasteiger partial charge in [-0.1, -0.05) is 18.2 Å². The molecule has 110 valence electrons. The van der Waals surface area contributed by atoms with Crippen molar-refractivity contribution in [1.29, 1.82) is 0 Å². The number of aromatic nitrogens is 3. The molecule has 22 heavy (non-hydrogen) atoms. The number of pyridine rings is 1. The number of carboxylic acid groups (broad SMARTS) is 1. The minimum Gasteiger partial charge on any atom is -0.478 e. The third-order valence-corrected chi connectivity index (χ3v) is 4.23. The molecule has 0 aliphatic heterocycles. The molecule has 1 aromatic carbocycles. The van der Waals surface area contributed by atoms with Gasteiger partial charge in [0.05, 0.1) is 22.3 Å². The summed E-state index contributed by atoms with van der Waals surface area (Å²) in [5, 5.41) is 14.9. The molecule has 2 heterocycles. The molecule has 3 aromatic rings. The van der Waals surface area contributed by atoms with Gasteiger partial charge in [0.1, 0.15) is 0 Å². The van der Waals surface area contributed by atoms with E-state index in [1.165, 1.54) is 0 Å². The number of aromatic carboxylic acids is 1. The topological polar surface area (TPSA) is 68.0 Å². The normalized spacial score (nSPS) is 13.5. The van der Waals surface area contributed by atoms with Crippen molar-refractivity contribution in [3.63, 3.8) is 0 Å². The van der Waals surface area contributed by atoms with Crippen LogP contribution >= 0.6 is 0 Å². The van der Waals surface area contributed by atoms with Crippen molar-refractivity contribution in [2.45, 2.75) is 26.2 Å². The van der Waals surface area contributed by atoms with E-state index in [1.54, 1.807) is 4.68 Å². The predicted molar refractivity (Wildman–Crippen MR) is 82.6 cm³/mol. The lowest BCUT2D eigenvalue weighted by Gasteiger charge is -2.08. The Morgan fingerprint density at radius 2 is 2.00 bits per heavy atom. The van der Waals surface area contributed by atoms with Gasteiger partial charge in [-0.25, -0.2) is 14.5 Å². The molecule has 0 bridgehead atoms. The number of hydrogen-bond acceptors (Lipinski definition) is 3. The average molecular weight is 293 g/mol. The summed E-state index contributed by atoms with van der Waals surface area (Å²) in [4.78, 5) is 16.5. The monoisotopic (exact) mass is 293 g/mol. The van der Waals surface area contributed by atoms with Crippen LogP contribution in [0.2, 0.25) is 0 Å². The summed E-state index contributed by atoms with van der Waals surface area (Å²) in [6, 6.07) is 9.70. The Morgan fingerprint density at radius 1 is 1.23 bits per heavy atom. The van der Waals surface area contributed by atoms with Gasteiger partial charge in [0.25, 0.3) is 0 Å². The van der Waals surface area contributed by atoms with Crippen molar-refractivity contribution in [3.05, 3.63) is 52.8 Å². The van der Waals surface area contributed by atoms with E-state index in [1.807, 2.05) is 37.3 Å². The highest BCUT2D eigenvalue weighted by molar-refractivity contribution is 6.05. The van der Waals surface area contributed by atoms with E-state index in [2.05, 4.69) is 5.10 Å². The molecule has 5 heteroatoms. The first-order valence-electron chi connectivity index (χ1n) is 7.36. The third kappa shape index (κ3) is 1.75. The van der Waals surface area contributed by atoms with Crippen LogP contribution in [-0.4, -0.2) is 25.8 Å². The van der Waals surface area contributed by atoms with Gasteiger partial charge in [0.15, 0.2) is 5.65 Å². The molecule has 1 N–H and O–H groups in total. The Bertz CT molecular complexity index is 897. The zero-order chi connectivity index (χ0) is 15.3. The molecular formula is C17H15N3O2. The largest absolute Gasteiger partial charge is 0.478 e. The molecule has 0 radical (unpaired) electrons. The lowest BCUT2D eigenvalue weighted by molar-refractivity contribution is 0.0698. The molecule has 4 rings (SSSR count). The minimum absolute atomic E-state index is 0.386. The van der Waals surface area contributed by atoms with Gasteiger partial charge in [0, 0.05) is 5.69 Å². The quantitative estimate of drug-likeness (QED) is 0.789. The molecule has 0 fully saturated rings. The van der Waals surface area contributed by atoms with E-state index in [4.69, 9.17) is 4.98 Å². The van der Waals surface area contributed by atoms with Crippen molar-refractivity contribution in [2.75, 3.05) is 0 Å². The highest BCUT2D eigenvalue weighted by Crippen LogP contribution is 2.32. The fourth-order valence-electron chi connectivity index (χ4n) is 3.30. The summed E-state index contributed by atoms with van der Waals surface area (Å²) in [6.07, 6.45) is 2.59. The number of benzene rings is 1. The highest BCUT2D eigenvalue weighted by atomic mass is 16.4. The van der Waals surface area contributed by atoms with Crippen LogP contribution in [0.1, 0.15) is 33.7 Å². The molecule has 0 saturated heterocycles. The summed E-state index contributed by atoms with van der Waals surface area (Å²) in [5.74, 6) is -0.888. The Kier molecular flexibility index (Phi) is 2.76. The first-order chi connectivity index (χ1) is 10.7. The number of rotatable bonds is 2. The second-order valence-electron chi connectivity index (χ2n) is 5.60. The first-order valence-corrected chi connectivity index (χ1v) is 7.36. The van der Waals surface area contributed by atoms with Gasteiger partial charge in [-0.2, -0.15) is 5.10 Å². The maximum absolute atomic E-state index is 11.8. The van der Waals surface area contributed by atoms with Gasteiger partial charge >= 0.3 is 5.97 Å². The van der Waals surface area contributed by atoms with Crippen molar-refractivity contribution >= 4 is 17.0 Å². The average Bonchev–Trinajstić information content (AvgIpc) is 3.10. The zero-order valence-corrected chi connectivity index (χ0v) is 12.2. The number of carbonyl (C=O) groups is 1. The maximum atomic E-state index is 11.8. The van der Waals surface area contributed by atoms with Gasteiger partial charge in [0.2, 0.25) is 0 Å². The van der Waals surface area contributed by atoms with E-state index in [9.17, 15) is 9.90 Å². The number of hydrogen-bond donors (Lipinski definition) is 1. The molecule has 0 saturated carbocycles. The number of fused-ring (bicyclic) bond motifs is 2. The van der Waals surface area contributed by atoms with Crippen molar-refractivity contribution in [1.82, 2.24) is 14.8 Å². The molecular weight excluding hydrogens is 278 g/mol. The molecule has 0 unspecified atom stereocenters. The fourth-order valence-corrected chi connectivity index (χ4v) is 3.30. The Hall–Kier alpha value is -2.69. The van der Waals surface area contributed by atoms with Crippen LogP contribution in [0.25, 0.3) is 16.7 Å². The van der Waals surface area contributed by atoms with Gasteiger partial charge in [-0.05, 0) is 43.9 Å². The van der Waals surface area contributed by atoms with E-state index in [-0.39, 0.29) is 0 Å². The smallest absolute Gasteiger partial charge is 0.336 e. The number of carboxylic acids is 1. The Labute approximate surface area is 127 Å². The first kappa shape index (κ1) is 13.0. The lowest BCUT2D eigenvalue weighted by atomic mass is 10.0. The lowest BCUT2D eigenvalue weighted by Crippen LogP contribution is -2.06. The summed E-state index contributed by atoms with van der Waals surface area (Å²) in [6.45, 7) is 1.84. The van der Waals surface area contributed by atoms with Gasteiger partial charge < -0.3 is 5.11 Å².